The summed E-state index contributed by atoms with van der Waals surface area (Å²) < 4.78 is 3.40. The second-order valence-electron chi connectivity index (χ2n) is 8.72. The number of hydrogen-bond donors (Lipinski definition) is 3. The average Bonchev–Trinajstić information content (AvgIpc) is 2.84. The molecular weight excluding hydrogens is 448 g/mol. The summed E-state index contributed by atoms with van der Waals surface area (Å²) in [6.45, 7) is 10.3. The van der Waals surface area contributed by atoms with Gasteiger partial charge in [0.05, 0.1) is 0 Å². The van der Waals surface area contributed by atoms with Crippen molar-refractivity contribution in [1.82, 2.24) is 4.90 Å². The highest BCUT2D eigenvalue weighted by molar-refractivity contribution is 8.00. The Balaban J connectivity index is 1.57. The molecule has 1 amide bonds. The Kier molecular flexibility index (Phi) is 9.44. The SMILES string of the molecule is CC/C=C(/Nc1cccc(SNc2ccc(NC(=O)C(C)(C)CC)cc2)c1)N1CCSCC1. The predicted molar refractivity (Wildman–Crippen MR) is 146 cm³/mol. The molecule has 178 valence electrons. The standard InChI is InChI=1S/C26H36N4OS2/c1-5-8-24(30-15-17-32-18-16-30)27-22-9-7-10-23(19-22)33-29-21-13-11-20(12-14-21)28-25(31)26(3,4)6-2/h7-14,19,27,29H,5-6,15-18H2,1-4H3,(H,28,31)/b24-8-. The quantitative estimate of drug-likeness (QED) is 0.319. The molecular formula is C26H36N4OS2. The van der Waals surface area contributed by atoms with Crippen molar-refractivity contribution in [2.45, 2.75) is 45.4 Å². The summed E-state index contributed by atoms with van der Waals surface area (Å²) in [5, 5.41) is 6.63. The summed E-state index contributed by atoms with van der Waals surface area (Å²) in [6, 6.07) is 16.3. The smallest absolute Gasteiger partial charge is 0.230 e. The number of nitrogens with one attached hydrogen (secondary N) is 3. The van der Waals surface area contributed by atoms with Crippen LogP contribution >= 0.6 is 23.7 Å². The van der Waals surface area contributed by atoms with Crippen molar-refractivity contribution in [3.63, 3.8) is 0 Å². The third-order valence-corrected chi connectivity index (χ3v) is 7.55. The molecule has 7 heteroatoms. The van der Waals surface area contributed by atoms with Crippen LogP contribution in [-0.4, -0.2) is 35.4 Å². The maximum Gasteiger partial charge on any atom is 0.230 e. The molecule has 0 radical (unpaired) electrons. The lowest BCUT2D eigenvalue weighted by Gasteiger charge is -2.31. The number of nitrogens with zero attached hydrogens (tertiary/aromatic N) is 1. The molecule has 5 nitrogen and oxygen atoms in total. The minimum Gasteiger partial charge on any atom is -0.357 e. The van der Waals surface area contributed by atoms with E-state index in [9.17, 15) is 4.79 Å². The van der Waals surface area contributed by atoms with Crippen LogP contribution in [-0.2, 0) is 4.79 Å². The zero-order chi connectivity index (χ0) is 23.7. The normalized spacial score (nSPS) is 14.7. The van der Waals surface area contributed by atoms with Crippen LogP contribution in [0.1, 0.15) is 40.5 Å². The van der Waals surface area contributed by atoms with Crippen molar-refractivity contribution in [3.8, 4) is 0 Å². The van der Waals surface area contributed by atoms with E-state index in [0.717, 1.165) is 47.9 Å². The number of thioether (sulfide) groups is 1. The van der Waals surface area contributed by atoms with Gasteiger partial charge in [-0.05, 0) is 73.3 Å². The van der Waals surface area contributed by atoms with Crippen LogP contribution in [0.5, 0.6) is 0 Å². The van der Waals surface area contributed by atoms with Gasteiger partial charge in [-0.3, -0.25) is 4.79 Å². The van der Waals surface area contributed by atoms with Gasteiger partial charge in [-0.15, -0.1) is 0 Å². The van der Waals surface area contributed by atoms with Crippen molar-refractivity contribution in [1.29, 1.82) is 0 Å². The third-order valence-electron chi connectivity index (χ3n) is 5.78. The lowest BCUT2D eigenvalue weighted by atomic mass is 9.89. The van der Waals surface area contributed by atoms with Gasteiger partial charge in [-0.2, -0.15) is 11.8 Å². The molecule has 1 fully saturated rings. The molecule has 0 aliphatic carbocycles. The maximum atomic E-state index is 12.4. The Bertz CT molecular complexity index is 938. The first kappa shape index (κ1) is 25.4. The van der Waals surface area contributed by atoms with Crippen LogP contribution in [0.4, 0.5) is 17.1 Å². The van der Waals surface area contributed by atoms with Crippen molar-refractivity contribution < 1.29 is 4.79 Å². The lowest BCUT2D eigenvalue weighted by molar-refractivity contribution is -0.124. The number of anilines is 3. The van der Waals surface area contributed by atoms with Crippen molar-refractivity contribution in [2.75, 3.05) is 40.0 Å². The van der Waals surface area contributed by atoms with Crippen LogP contribution in [0.2, 0.25) is 0 Å². The second-order valence-corrected chi connectivity index (χ2v) is 10.8. The molecule has 0 spiro atoms. The summed E-state index contributed by atoms with van der Waals surface area (Å²) in [4.78, 5) is 15.9. The minimum absolute atomic E-state index is 0.0456. The monoisotopic (exact) mass is 484 g/mol. The van der Waals surface area contributed by atoms with E-state index in [1.54, 1.807) is 11.9 Å². The summed E-state index contributed by atoms with van der Waals surface area (Å²) in [5.74, 6) is 3.61. The highest BCUT2D eigenvalue weighted by Crippen LogP contribution is 2.27. The van der Waals surface area contributed by atoms with Crippen LogP contribution in [0.25, 0.3) is 0 Å². The van der Waals surface area contributed by atoms with Crippen LogP contribution in [0.3, 0.4) is 0 Å². The molecule has 1 aliphatic heterocycles. The number of carbonyl (C=O) groups is 1. The summed E-state index contributed by atoms with van der Waals surface area (Å²) in [6.07, 6.45) is 4.08. The Morgan fingerprint density at radius 2 is 1.73 bits per heavy atom. The molecule has 1 heterocycles. The van der Waals surface area contributed by atoms with Crippen LogP contribution < -0.4 is 15.4 Å². The second kappa shape index (κ2) is 12.3. The van der Waals surface area contributed by atoms with Gasteiger partial charge in [0.1, 0.15) is 5.82 Å². The van der Waals surface area contributed by atoms with Crippen LogP contribution in [0.15, 0.2) is 65.3 Å². The van der Waals surface area contributed by atoms with Gasteiger partial charge in [0, 0.05) is 52.0 Å². The van der Waals surface area contributed by atoms with Gasteiger partial charge in [0.2, 0.25) is 5.91 Å². The van der Waals surface area contributed by atoms with E-state index in [1.807, 2.05) is 56.8 Å². The lowest BCUT2D eigenvalue weighted by Crippen LogP contribution is -2.34. The van der Waals surface area contributed by atoms with Gasteiger partial charge >= 0.3 is 0 Å². The minimum atomic E-state index is -0.370. The fourth-order valence-corrected chi connectivity index (χ4v) is 4.85. The largest absolute Gasteiger partial charge is 0.357 e. The Labute approximate surface area is 207 Å². The Morgan fingerprint density at radius 1 is 1.03 bits per heavy atom. The Hall–Kier alpha value is -2.25. The fourth-order valence-electron chi connectivity index (χ4n) is 3.24. The van der Waals surface area contributed by atoms with Gasteiger partial charge in [-0.25, -0.2) is 0 Å². The number of benzene rings is 2. The van der Waals surface area contributed by atoms with Crippen LogP contribution in [0, 0.1) is 5.41 Å². The van der Waals surface area contributed by atoms with E-state index in [2.05, 4.69) is 57.5 Å². The number of allylic oxidation sites excluding steroid dienone is 1. The molecule has 1 saturated heterocycles. The van der Waals surface area contributed by atoms with Crippen molar-refractivity contribution in [2.24, 2.45) is 5.41 Å². The van der Waals surface area contributed by atoms with Crippen molar-refractivity contribution >= 4 is 46.7 Å². The average molecular weight is 485 g/mol. The molecule has 3 rings (SSSR count). The molecule has 1 aliphatic rings. The number of carbonyl (C=O) groups excluding carboxylic acids is 1. The van der Waals surface area contributed by atoms with Gasteiger partial charge in [0.15, 0.2) is 0 Å². The highest BCUT2D eigenvalue weighted by Gasteiger charge is 2.25. The first-order valence-electron chi connectivity index (χ1n) is 11.7. The molecule has 2 aromatic carbocycles. The fraction of sp³-hybridized carbons (Fsp3) is 0.423. The molecule has 2 aromatic rings. The van der Waals surface area contributed by atoms with Gasteiger partial charge < -0.3 is 20.3 Å². The van der Waals surface area contributed by atoms with E-state index in [1.165, 1.54) is 17.3 Å². The Morgan fingerprint density at radius 3 is 2.39 bits per heavy atom. The van der Waals surface area contributed by atoms with E-state index in [-0.39, 0.29) is 11.3 Å². The summed E-state index contributed by atoms with van der Waals surface area (Å²) >= 11 is 3.60. The topological polar surface area (TPSA) is 56.4 Å². The van der Waals surface area contributed by atoms with E-state index in [4.69, 9.17) is 0 Å². The molecule has 0 bridgehead atoms. The number of hydrogen-bond acceptors (Lipinski definition) is 6. The predicted octanol–water partition coefficient (Wildman–Crippen LogP) is 6.89. The van der Waals surface area contributed by atoms with Crippen molar-refractivity contribution in [3.05, 3.63) is 60.4 Å². The van der Waals surface area contributed by atoms with Gasteiger partial charge in [-0.1, -0.05) is 33.8 Å². The first-order valence-corrected chi connectivity index (χ1v) is 13.6. The summed E-state index contributed by atoms with van der Waals surface area (Å²) in [7, 11) is 0. The molecule has 0 saturated carbocycles. The van der Waals surface area contributed by atoms with E-state index < -0.39 is 0 Å². The zero-order valence-corrected chi connectivity index (χ0v) is 21.7. The van der Waals surface area contributed by atoms with Gasteiger partial charge in [0.25, 0.3) is 0 Å². The highest BCUT2D eigenvalue weighted by atomic mass is 32.2. The maximum absolute atomic E-state index is 12.4. The molecule has 0 unspecified atom stereocenters. The number of amides is 1. The zero-order valence-electron chi connectivity index (χ0n) is 20.1. The number of rotatable bonds is 10. The molecule has 0 atom stereocenters. The molecule has 3 N–H and O–H groups in total. The van der Waals surface area contributed by atoms with E-state index in [0.29, 0.717) is 0 Å². The van der Waals surface area contributed by atoms with E-state index >= 15 is 0 Å². The molecule has 33 heavy (non-hydrogen) atoms. The third kappa shape index (κ3) is 7.64. The first-order chi connectivity index (χ1) is 15.9. The summed E-state index contributed by atoms with van der Waals surface area (Å²) in [5.41, 5.74) is 2.53. The molecule has 0 aromatic heterocycles.